The van der Waals surface area contributed by atoms with Crippen molar-refractivity contribution >= 4 is 17.5 Å². The Morgan fingerprint density at radius 1 is 1.21 bits per heavy atom. The lowest BCUT2D eigenvalue weighted by atomic mass is 9.78. The lowest BCUT2D eigenvalue weighted by molar-refractivity contribution is -0.139. The minimum absolute atomic E-state index is 0.0185. The van der Waals surface area contributed by atoms with Crippen molar-refractivity contribution in [2.75, 3.05) is 58.0 Å². The van der Waals surface area contributed by atoms with Gasteiger partial charge in [-0.25, -0.2) is 0 Å². The standard InChI is InChI=1S/C23H29F3N4O4/c1-33-8-9-34-14-21(31)29-6-4-15(5-7-29)18-12-30(13-19(18)22(28)32)17-3-2-16(11-27)20(10-17)23(24,25)26/h2-3,10,15,18-19H,4-9,12-14H2,1H3,(H2,28,32)/t18-,19+/m0/s1. The van der Waals surface area contributed by atoms with Crippen LogP contribution in [0.25, 0.3) is 0 Å². The monoisotopic (exact) mass is 482 g/mol. The Labute approximate surface area is 196 Å². The largest absolute Gasteiger partial charge is 0.417 e. The third kappa shape index (κ3) is 5.98. The SMILES string of the molecule is COCCOCC(=O)N1CCC([C@@H]2CN(c3ccc(C#N)c(C(F)(F)F)c3)C[C@H]2C(N)=O)CC1. The summed E-state index contributed by atoms with van der Waals surface area (Å²) >= 11 is 0. The fraction of sp³-hybridized carbons (Fsp3) is 0.609. The average molecular weight is 483 g/mol. The molecule has 0 aromatic heterocycles. The number of methoxy groups -OCH3 is 1. The molecule has 0 bridgehead atoms. The number of carbonyl (C=O) groups excluding carboxylic acids is 2. The molecule has 8 nitrogen and oxygen atoms in total. The van der Waals surface area contributed by atoms with Crippen molar-refractivity contribution < 1.29 is 32.2 Å². The minimum atomic E-state index is -4.66. The van der Waals surface area contributed by atoms with Crippen LogP contribution in [0, 0.1) is 29.1 Å². The molecule has 2 saturated heterocycles. The molecule has 2 aliphatic rings. The summed E-state index contributed by atoms with van der Waals surface area (Å²) in [6, 6.07) is 5.17. The van der Waals surface area contributed by atoms with Crippen molar-refractivity contribution in [1.82, 2.24) is 4.90 Å². The summed E-state index contributed by atoms with van der Waals surface area (Å²) in [6.07, 6.45) is -3.31. The Kier molecular flexibility index (Phi) is 8.38. The zero-order valence-electron chi connectivity index (χ0n) is 19.0. The predicted octanol–water partition coefficient (Wildman–Crippen LogP) is 2.02. The Morgan fingerprint density at radius 2 is 1.91 bits per heavy atom. The molecule has 2 N–H and O–H groups in total. The number of hydrogen-bond acceptors (Lipinski definition) is 6. The molecule has 2 aliphatic heterocycles. The third-order valence-electron chi connectivity index (χ3n) is 6.68. The Bertz CT molecular complexity index is 926. The summed E-state index contributed by atoms with van der Waals surface area (Å²) in [5, 5.41) is 9.03. The number of hydrogen-bond donors (Lipinski definition) is 1. The quantitative estimate of drug-likeness (QED) is 0.568. The van der Waals surface area contributed by atoms with E-state index in [4.69, 9.17) is 20.5 Å². The van der Waals surface area contributed by atoms with Crippen LogP contribution >= 0.6 is 0 Å². The molecular weight excluding hydrogens is 453 g/mol. The molecular formula is C23H29F3N4O4. The van der Waals surface area contributed by atoms with E-state index in [1.807, 2.05) is 0 Å². The van der Waals surface area contributed by atoms with Gasteiger partial charge in [0.2, 0.25) is 11.8 Å². The fourth-order valence-electron chi connectivity index (χ4n) is 4.85. The first-order valence-electron chi connectivity index (χ1n) is 11.2. The Morgan fingerprint density at radius 3 is 2.50 bits per heavy atom. The van der Waals surface area contributed by atoms with E-state index >= 15 is 0 Å². The first kappa shape index (κ1) is 25.8. The maximum Gasteiger partial charge on any atom is 0.417 e. The smallest absolute Gasteiger partial charge is 0.382 e. The summed E-state index contributed by atoms with van der Waals surface area (Å²) in [4.78, 5) is 28.0. The summed E-state index contributed by atoms with van der Waals surface area (Å²) < 4.78 is 50.4. The van der Waals surface area contributed by atoms with Crippen molar-refractivity contribution in [2.45, 2.75) is 19.0 Å². The van der Waals surface area contributed by atoms with Crippen molar-refractivity contribution in [1.29, 1.82) is 5.26 Å². The highest BCUT2D eigenvalue weighted by Gasteiger charge is 2.43. The van der Waals surface area contributed by atoms with Gasteiger partial charge >= 0.3 is 6.18 Å². The second kappa shape index (κ2) is 11.1. The maximum absolute atomic E-state index is 13.4. The molecule has 2 heterocycles. The number of primary amides is 1. The van der Waals surface area contributed by atoms with Gasteiger partial charge in [0, 0.05) is 39.0 Å². The van der Waals surface area contributed by atoms with E-state index in [0.717, 1.165) is 12.1 Å². The van der Waals surface area contributed by atoms with Crippen LogP contribution in [0.5, 0.6) is 0 Å². The molecule has 34 heavy (non-hydrogen) atoms. The summed E-state index contributed by atoms with van der Waals surface area (Å²) in [6.45, 7) is 2.37. The van der Waals surface area contributed by atoms with Crippen LogP contribution in [-0.2, 0) is 25.2 Å². The van der Waals surface area contributed by atoms with Gasteiger partial charge in [-0.2, -0.15) is 18.4 Å². The van der Waals surface area contributed by atoms with Gasteiger partial charge < -0.3 is 25.0 Å². The third-order valence-corrected chi connectivity index (χ3v) is 6.68. The molecule has 1 aromatic carbocycles. The number of ether oxygens (including phenoxy) is 2. The molecule has 2 atom stereocenters. The van der Waals surface area contributed by atoms with Gasteiger partial charge in [-0.05, 0) is 42.9 Å². The molecule has 186 valence electrons. The van der Waals surface area contributed by atoms with Crippen molar-refractivity contribution in [2.24, 2.45) is 23.5 Å². The highest BCUT2D eigenvalue weighted by molar-refractivity contribution is 5.79. The summed E-state index contributed by atoms with van der Waals surface area (Å²) in [5.41, 5.74) is 4.52. The van der Waals surface area contributed by atoms with E-state index in [0.29, 0.717) is 51.4 Å². The number of halogens is 3. The molecule has 0 aliphatic carbocycles. The zero-order valence-corrected chi connectivity index (χ0v) is 19.0. The van der Waals surface area contributed by atoms with E-state index in [9.17, 15) is 22.8 Å². The average Bonchev–Trinajstić information content (AvgIpc) is 3.27. The van der Waals surface area contributed by atoms with Crippen LogP contribution in [0.1, 0.15) is 24.0 Å². The van der Waals surface area contributed by atoms with Gasteiger partial charge in [-0.1, -0.05) is 0 Å². The molecule has 0 unspecified atom stereocenters. The van der Waals surface area contributed by atoms with Gasteiger partial charge in [-0.3, -0.25) is 9.59 Å². The fourth-order valence-corrected chi connectivity index (χ4v) is 4.85. The van der Waals surface area contributed by atoms with Gasteiger partial charge in [-0.15, -0.1) is 0 Å². The highest BCUT2D eigenvalue weighted by atomic mass is 19.4. The number of rotatable bonds is 8. The lowest BCUT2D eigenvalue weighted by Crippen LogP contribution is -2.44. The topological polar surface area (TPSA) is 109 Å². The number of benzene rings is 1. The van der Waals surface area contributed by atoms with Gasteiger partial charge in [0.25, 0.3) is 0 Å². The van der Waals surface area contributed by atoms with Crippen LogP contribution in [0.15, 0.2) is 18.2 Å². The second-order valence-electron chi connectivity index (χ2n) is 8.68. The lowest BCUT2D eigenvalue weighted by Gasteiger charge is -2.36. The molecule has 1 aromatic rings. The Balaban J connectivity index is 1.66. The van der Waals surface area contributed by atoms with Gasteiger partial charge in [0.15, 0.2) is 0 Å². The van der Waals surface area contributed by atoms with E-state index in [1.54, 1.807) is 23.0 Å². The number of amides is 2. The summed E-state index contributed by atoms with van der Waals surface area (Å²) in [5.74, 6) is -1.11. The molecule has 0 saturated carbocycles. The van der Waals surface area contributed by atoms with E-state index in [1.165, 1.54) is 6.07 Å². The van der Waals surface area contributed by atoms with Crippen molar-refractivity contribution in [3.8, 4) is 6.07 Å². The van der Waals surface area contributed by atoms with Crippen LogP contribution in [0.2, 0.25) is 0 Å². The first-order valence-corrected chi connectivity index (χ1v) is 11.2. The maximum atomic E-state index is 13.4. The zero-order chi connectivity index (χ0) is 24.9. The molecule has 2 amide bonds. The molecule has 2 fully saturated rings. The number of nitrogens with zero attached hydrogens (tertiary/aromatic N) is 3. The van der Waals surface area contributed by atoms with Crippen LogP contribution in [0.3, 0.4) is 0 Å². The Hall–Kier alpha value is -2.84. The normalized spacial score (nSPS) is 21.5. The van der Waals surface area contributed by atoms with Crippen LogP contribution < -0.4 is 10.6 Å². The number of nitrogens with two attached hydrogens (primary N) is 1. The van der Waals surface area contributed by atoms with E-state index in [-0.39, 0.29) is 30.9 Å². The molecule has 0 spiro atoms. The number of carbonyl (C=O) groups is 2. The van der Waals surface area contributed by atoms with Crippen molar-refractivity contribution in [3.05, 3.63) is 29.3 Å². The first-order chi connectivity index (χ1) is 16.2. The number of anilines is 1. The molecule has 11 heteroatoms. The highest BCUT2D eigenvalue weighted by Crippen LogP contribution is 2.40. The predicted molar refractivity (Wildman–Crippen MR) is 117 cm³/mol. The minimum Gasteiger partial charge on any atom is -0.382 e. The second-order valence-corrected chi connectivity index (χ2v) is 8.68. The number of nitriles is 1. The van der Waals surface area contributed by atoms with E-state index in [2.05, 4.69) is 0 Å². The molecule has 3 rings (SSSR count). The summed E-state index contributed by atoms with van der Waals surface area (Å²) in [7, 11) is 1.55. The number of likely N-dealkylation sites (tertiary alicyclic amines) is 1. The van der Waals surface area contributed by atoms with Gasteiger partial charge in [0.1, 0.15) is 6.61 Å². The number of piperidine rings is 1. The van der Waals surface area contributed by atoms with Crippen LogP contribution in [0.4, 0.5) is 18.9 Å². The van der Waals surface area contributed by atoms with Gasteiger partial charge in [0.05, 0.1) is 36.3 Å². The number of alkyl halides is 3. The van der Waals surface area contributed by atoms with E-state index < -0.39 is 29.1 Å². The van der Waals surface area contributed by atoms with Crippen LogP contribution in [-0.4, -0.2) is 69.8 Å². The van der Waals surface area contributed by atoms with Crippen molar-refractivity contribution in [3.63, 3.8) is 0 Å². The molecule has 0 radical (unpaired) electrons.